The van der Waals surface area contributed by atoms with E-state index in [1.807, 2.05) is 19.1 Å². The predicted molar refractivity (Wildman–Crippen MR) is 184 cm³/mol. The molecule has 2 aromatic carbocycles. The van der Waals surface area contributed by atoms with Gasteiger partial charge in [-0.1, -0.05) is 54.6 Å². The first-order valence-corrected chi connectivity index (χ1v) is 16.4. The Bertz CT molecular complexity index is 1830. The number of para-hydroxylation sites is 1. The number of aromatic nitrogens is 1. The lowest BCUT2D eigenvalue weighted by Crippen LogP contribution is -2.30. The molecule has 0 radical (unpaired) electrons. The summed E-state index contributed by atoms with van der Waals surface area (Å²) in [5.74, 6) is -0.175. The van der Waals surface area contributed by atoms with Crippen LogP contribution in [0.3, 0.4) is 0 Å². The minimum atomic E-state index is -0.682. The van der Waals surface area contributed by atoms with Gasteiger partial charge in [0.15, 0.2) is 0 Å². The minimum Gasteiger partial charge on any atom is -0.505 e. The summed E-state index contributed by atoms with van der Waals surface area (Å²) in [6.45, 7) is 7.57. The normalized spacial score (nSPS) is 21.2. The Hall–Kier alpha value is -4.67. The van der Waals surface area contributed by atoms with Crippen LogP contribution in [-0.4, -0.2) is 78.6 Å². The third kappa shape index (κ3) is 5.95. The summed E-state index contributed by atoms with van der Waals surface area (Å²) in [6.07, 6.45) is 4.48. The number of aromatic hydroxyl groups is 1. The predicted octanol–water partition coefficient (Wildman–Crippen LogP) is 5.65. The first-order chi connectivity index (χ1) is 23.1. The highest BCUT2D eigenvalue weighted by Gasteiger charge is 2.61. The third-order valence-corrected chi connectivity index (χ3v) is 9.97. The number of aryl methyl sites for hydroxylation is 1. The van der Waals surface area contributed by atoms with E-state index in [0.717, 1.165) is 37.1 Å². The fourth-order valence-electron chi connectivity index (χ4n) is 7.23. The monoisotopic (exact) mass is 670 g/mol. The standard InChI is InChI=1S/C37H39ClN4O6/c1-6-10-24(36(45)41(3)4)34(44)39-27-14-9-12-22(33(27)43)21-11-8-13-23(32(21)38)28-17-20-15-16-29(30(20)35(40-28)47-5)42-18-25-26(19-42)31(25)37(46)48-7-2/h6,8-14,17,25-26,29,31,43H,1,7,15-16,18-19H2,2-5H3,(H,39,44)/b24-10-. The Balaban J connectivity index is 1.26. The van der Waals surface area contributed by atoms with Crippen molar-refractivity contribution >= 4 is 35.1 Å². The number of anilines is 1. The van der Waals surface area contributed by atoms with Crippen LogP contribution in [0.4, 0.5) is 5.69 Å². The van der Waals surface area contributed by atoms with E-state index < -0.39 is 11.8 Å². The number of allylic oxidation sites excluding steroid dienone is 2. The van der Waals surface area contributed by atoms with Crippen LogP contribution >= 0.6 is 11.6 Å². The molecule has 1 saturated carbocycles. The number of phenolic OH excluding ortho intramolecular Hbond substituents is 1. The van der Waals surface area contributed by atoms with E-state index in [-0.39, 0.29) is 34.9 Å². The zero-order valence-corrected chi connectivity index (χ0v) is 28.2. The zero-order valence-electron chi connectivity index (χ0n) is 27.5. The van der Waals surface area contributed by atoms with Crippen LogP contribution in [0, 0.1) is 17.8 Å². The number of piperidine rings is 1. The van der Waals surface area contributed by atoms with Gasteiger partial charge in [-0.05, 0) is 55.4 Å². The number of nitrogens with one attached hydrogen (secondary N) is 1. The Labute approximate surface area is 285 Å². The number of phenols is 1. The second-order valence-corrected chi connectivity index (χ2v) is 12.9. The van der Waals surface area contributed by atoms with Crippen LogP contribution < -0.4 is 10.1 Å². The Morgan fingerprint density at radius 1 is 1.12 bits per heavy atom. The van der Waals surface area contributed by atoms with Crippen molar-refractivity contribution in [3.8, 4) is 34.0 Å². The lowest BCUT2D eigenvalue weighted by atomic mass is 9.98. The van der Waals surface area contributed by atoms with Crippen molar-refractivity contribution in [3.63, 3.8) is 0 Å². The van der Waals surface area contributed by atoms with Crippen molar-refractivity contribution in [1.29, 1.82) is 0 Å². The SMILES string of the molecule is C=C/C=C(/C(=O)Nc1cccc(-c2cccc(-c3cc4c(c(OC)n3)C(N3CC5C(C3)C5C(=O)OCC)CC4)c2Cl)c1O)C(=O)N(C)C. The van der Waals surface area contributed by atoms with Gasteiger partial charge < -0.3 is 24.8 Å². The fourth-order valence-corrected chi connectivity index (χ4v) is 7.56. The first kappa shape index (κ1) is 33.2. The van der Waals surface area contributed by atoms with Gasteiger partial charge in [-0.2, -0.15) is 0 Å². The first-order valence-electron chi connectivity index (χ1n) is 16.0. The summed E-state index contributed by atoms with van der Waals surface area (Å²) in [5, 5.41) is 14.3. The number of methoxy groups -OCH3 is 1. The topological polar surface area (TPSA) is 121 Å². The molecule has 1 aromatic heterocycles. The highest BCUT2D eigenvalue weighted by atomic mass is 35.5. The molecule has 48 heavy (non-hydrogen) atoms. The molecule has 1 aliphatic heterocycles. The summed E-state index contributed by atoms with van der Waals surface area (Å²) in [4.78, 5) is 46.6. The molecule has 10 nitrogen and oxygen atoms in total. The van der Waals surface area contributed by atoms with Crippen LogP contribution in [0.2, 0.25) is 5.02 Å². The highest BCUT2D eigenvalue weighted by molar-refractivity contribution is 6.36. The van der Waals surface area contributed by atoms with Crippen molar-refractivity contribution in [2.75, 3.05) is 46.2 Å². The highest BCUT2D eigenvalue weighted by Crippen LogP contribution is 2.56. The molecule has 250 valence electrons. The van der Waals surface area contributed by atoms with E-state index in [1.54, 1.807) is 45.5 Å². The van der Waals surface area contributed by atoms with Gasteiger partial charge in [0.05, 0.1) is 36.0 Å². The number of pyridine rings is 1. The number of amides is 2. The maximum atomic E-state index is 13.0. The summed E-state index contributed by atoms with van der Waals surface area (Å²) < 4.78 is 11.1. The van der Waals surface area contributed by atoms with Gasteiger partial charge in [0.25, 0.3) is 11.8 Å². The van der Waals surface area contributed by atoms with Crippen LogP contribution in [0.5, 0.6) is 11.6 Å². The average molecular weight is 671 g/mol. The minimum absolute atomic E-state index is 0.0223. The lowest BCUT2D eigenvalue weighted by molar-refractivity contribution is -0.145. The van der Waals surface area contributed by atoms with Crippen molar-refractivity contribution in [1.82, 2.24) is 14.8 Å². The molecule has 0 bridgehead atoms. The molecular weight excluding hydrogens is 632 g/mol. The van der Waals surface area contributed by atoms with Crippen molar-refractivity contribution in [2.45, 2.75) is 25.8 Å². The van der Waals surface area contributed by atoms with Crippen LogP contribution in [-0.2, 0) is 25.5 Å². The van der Waals surface area contributed by atoms with Gasteiger partial charge in [-0.25, -0.2) is 4.98 Å². The number of hydrogen-bond acceptors (Lipinski definition) is 8. The quantitative estimate of drug-likeness (QED) is 0.0709. The Morgan fingerprint density at radius 2 is 1.81 bits per heavy atom. The van der Waals surface area contributed by atoms with Crippen molar-refractivity contribution in [2.24, 2.45) is 17.8 Å². The molecule has 11 heteroatoms. The summed E-state index contributed by atoms with van der Waals surface area (Å²) >= 11 is 7.04. The van der Waals surface area contributed by atoms with Gasteiger partial charge >= 0.3 is 5.97 Å². The number of benzene rings is 2. The Morgan fingerprint density at radius 3 is 2.48 bits per heavy atom. The van der Waals surface area contributed by atoms with E-state index in [4.69, 9.17) is 26.1 Å². The molecule has 3 aromatic rings. The molecule has 6 rings (SSSR count). The number of carbonyl (C=O) groups is 3. The molecule has 2 N–H and O–H groups in total. The molecule has 3 atom stereocenters. The van der Waals surface area contributed by atoms with Crippen molar-refractivity contribution < 1.29 is 29.0 Å². The molecular formula is C37H39ClN4O6. The number of rotatable bonds is 10. The average Bonchev–Trinajstić information content (AvgIpc) is 3.35. The van der Waals surface area contributed by atoms with E-state index in [2.05, 4.69) is 22.9 Å². The van der Waals surface area contributed by atoms with Crippen molar-refractivity contribution in [3.05, 3.63) is 82.9 Å². The number of esters is 1. The number of ether oxygens (including phenoxy) is 2. The van der Waals surface area contributed by atoms with E-state index >= 15 is 0 Å². The van der Waals surface area contributed by atoms with E-state index in [9.17, 15) is 19.5 Å². The molecule has 2 amide bonds. The lowest BCUT2D eigenvalue weighted by Gasteiger charge is -2.28. The van der Waals surface area contributed by atoms with E-state index in [1.165, 1.54) is 17.1 Å². The molecule has 2 heterocycles. The van der Waals surface area contributed by atoms with Gasteiger partial charge in [0, 0.05) is 55.5 Å². The van der Waals surface area contributed by atoms with E-state index in [0.29, 0.717) is 51.7 Å². The number of halogens is 1. The third-order valence-electron chi connectivity index (χ3n) is 9.56. The molecule has 2 fully saturated rings. The van der Waals surface area contributed by atoms with Crippen LogP contribution in [0.15, 0.2) is 66.8 Å². The smallest absolute Gasteiger partial charge is 0.309 e. The number of carbonyl (C=O) groups excluding carboxylic acids is 3. The molecule has 3 aliphatic rings. The molecule has 0 spiro atoms. The second kappa shape index (κ2) is 13.4. The number of hydrogen-bond donors (Lipinski definition) is 2. The summed E-state index contributed by atoms with van der Waals surface area (Å²) in [5.41, 5.74) is 4.49. The molecule has 1 saturated heterocycles. The van der Waals surface area contributed by atoms with Gasteiger partial charge in [0.2, 0.25) is 5.88 Å². The molecule has 3 unspecified atom stereocenters. The number of likely N-dealkylation sites (N-methyl/N-ethyl adjacent to an activating group) is 1. The fraction of sp³-hybridized carbons (Fsp3) is 0.351. The number of likely N-dealkylation sites (tertiary alicyclic amines) is 1. The van der Waals surface area contributed by atoms with Gasteiger partial charge in [-0.15, -0.1) is 0 Å². The number of fused-ring (bicyclic) bond motifs is 2. The second-order valence-electron chi connectivity index (χ2n) is 12.5. The van der Waals surface area contributed by atoms with Crippen LogP contribution in [0.25, 0.3) is 22.4 Å². The van der Waals surface area contributed by atoms with Gasteiger partial charge in [-0.3, -0.25) is 19.3 Å². The maximum absolute atomic E-state index is 13.0. The number of nitrogens with zero attached hydrogens (tertiary/aromatic N) is 3. The maximum Gasteiger partial charge on any atom is 0.309 e. The Kier molecular flexibility index (Phi) is 9.31. The largest absolute Gasteiger partial charge is 0.505 e. The summed E-state index contributed by atoms with van der Waals surface area (Å²) in [7, 11) is 4.71. The van der Waals surface area contributed by atoms with Gasteiger partial charge in [0.1, 0.15) is 11.3 Å². The zero-order chi connectivity index (χ0) is 34.3. The summed E-state index contributed by atoms with van der Waals surface area (Å²) in [6, 6.07) is 12.7. The van der Waals surface area contributed by atoms with Crippen LogP contribution in [0.1, 0.15) is 30.5 Å². The molecule has 2 aliphatic carbocycles.